The van der Waals surface area contributed by atoms with Crippen molar-refractivity contribution in [1.82, 2.24) is 0 Å². The van der Waals surface area contributed by atoms with Crippen molar-refractivity contribution < 1.29 is 23.9 Å². The molecule has 1 aromatic heterocycles. The Balaban J connectivity index is 1.58. The summed E-state index contributed by atoms with van der Waals surface area (Å²) in [6.07, 6.45) is 1.35. The van der Waals surface area contributed by atoms with Crippen LogP contribution in [0.1, 0.15) is 28.1 Å². The van der Waals surface area contributed by atoms with Crippen molar-refractivity contribution in [1.29, 1.82) is 0 Å². The number of hydrogen-bond acceptors (Lipinski definition) is 6. The van der Waals surface area contributed by atoms with Crippen LogP contribution in [0.5, 0.6) is 0 Å². The second-order valence-corrected chi connectivity index (χ2v) is 7.22. The topological polar surface area (TPSA) is 81.7 Å². The van der Waals surface area contributed by atoms with Crippen molar-refractivity contribution >= 4 is 46.5 Å². The van der Waals surface area contributed by atoms with Crippen LogP contribution in [0, 0.1) is 0 Å². The number of amides is 1. The third kappa shape index (κ3) is 3.73. The maximum atomic E-state index is 12.4. The molecule has 1 N–H and O–H groups in total. The van der Waals surface area contributed by atoms with Gasteiger partial charge in [-0.25, -0.2) is 4.79 Å². The fourth-order valence-corrected chi connectivity index (χ4v) is 3.51. The molecule has 8 heteroatoms. The lowest BCUT2D eigenvalue weighted by atomic mass is 9.96. The minimum atomic E-state index is -0.690. The van der Waals surface area contributed by atoms with Gasteiger partial charge in [0.1, 0.15) is 4.88 Å². The fraction of sp³-hybridized carbons (Fsp3) is 0.278. The monoisotopic (exact) mass is 393 g/mol. The van der Waals surface area contributed by atoms with E-state index in [4.69, 9.17) is 16.3 Å². The Morgan fingerprint density at radius 2 is 1.88 bits per heavy atom. The van der Waals surface area contributed by atoms with E-state index in [2.05, 4.69) is 10.1 Å². The SMILES string of the molecule is COC(=O)c1sccc1NC(=O)COC(=O)C1(c2ccc(Cl)cc2)CC1. The predicted octanol–water partition coefficient (Wildman–Crippen LogP) is 3.40. The minimum absolute atomic E-state index is 0.284. The number of methoxy groups -OCH3 is 1. The summed E-state index contributed by atoms with van der Waals surface area (Å²) in [5.74, 6) is -1.49. The smallest absolute Gasteiger partial charge is 0.350 e. The van der Waals surface area contributed by atoms with Crippen LogP contribution in [-0.4, -0.2) is 31.6 Å². The summed E-state index contributed by atoms with van der Waals surface area (Å²) in [6, 6.07) is 8.63. The molecule has 1 aliphatic rings. The van der Waals surface area contributed by atoms with Crippen LogP contribution >= 0.6 is 22.9 Å². The number of hydrogen-bond donors (Lipinski definition) is 1. The Hall–Kier alpha value is -2.38. The number of anilines is 1. The number of carbonyl (C=O) groups excluding carboxylic acids is 3. The minimum Gasteiger partial charge on any atom is -0.465 e. The van der Waals surface area contributed by atoms with E-state index < -0.39 is 29.9 Å². The molecule has 1 saturated carbocycles. The standard InChI is InChI=1S/C18H16ClNO5S/c1-24-16(22)15-13(6-9-26-15)20-14(21)10-25-17(23)18(7-8-18)11-2-4-12(19)5-3-11/h2-6,9H,7-8,10H2,1H3,(H,20,21). The van der Waals surface area contributed by atoms with Gasteiger partial charge in [-0.05, 0) is 42.0 Å². The van der Waals surface area contributed by atoms with Crippen LogP contribution in [0.15, 0.2) is 35.7 Å². The van der Waals surface area contributed by atoms with Gasteiger partial charge in [-0.15, -0.1) is 11.3 Å². The summed E-state index contributed by atoms with van der Waals surface area (Å²) in [5.41, 5.74) is 0.476. The molecule has 0 aliphatic heterocycles. The zero-order chi connectivity index (χ0) is 18.7. The molecular formula is C18H16ClNO5S. The van der Waals surface area contributed by atoms with E-state index in [1.165, 1.54) is 7.11 Å². The van der Waals surface area contributed by atoms with Gasteiger partial charge in [0.25, 0.3) is 5.91 Å². The van der Waals surface area contributed by atoms with Crippen molar-refractivity contribution in [2.24, 2.45) is 0 Å². The molecule has 0 unspecified atom stereocenters. The van der Waals surface area contributed by atoms with Gasteiger partial charge in [0, 0.05) is 5.02 Å². The number of thiophene rings is 1. The van der Waals surface area contributed by atoms with Gasteiger partial charge in [0.15, 0.2) is 6.61 Å². The Bertz CT molecular complexity index is 842. The van der Waals surface area contributed by atoms with E-state index in [0.717, 1.165) is 16.9 Å². The first-order chi connectivity index (χ1) is 12.5. The van der Waals surface area contributed by atoms with Gasteiger partial charge < -0.3 is 14.8 Å². The lowest BCUT2D eigenvalue weighted by Crippen LogP contribution is -2.28. The van der Waals surface area contributed by atoms with Gasteiger partial charge >= 0.3 is 11.9 Å². The number of benzene rings is 1. The Labute approximate surface area is 159 Å². The molecule has 26 heavy (non-hydrogen) atoms. The highest BCUT2D eigenvalue weighted by molar-refractivity contribution is 7.12. The van der Waals surface area contributed by atoms with E-state index in [9.17, 15) is 14.4 Å². The van der Waals surface area contributed by atoms with Crippen molar-refractivity contribution in [3.63, 3.8) is 0 Å². The number of ether oxygens (including phenoxy) is 2. The molecule has 0 spiro atoms. The summed E-state index contributed by atoms with van der Waals surface area (Å²) >= 11 is 7.03. The summed E-state index contributed by atoms with van der Waals surface area (Å²) in [6.45, 7) is -0.426. The second-order valence-electron chi connectivity index (χ2n) is 5.87. The molecule has 0 saturated heterocycles. The summed E-state index contributed by atoms with van der Waals surface area (Å²) in [4.78, 5) is 36.4. The summed E-state index contributed by atoms with van der Waals surface area (Å²) in [5, 5.41) is 4.81. The Kier molecular flexibility index (Phi) is 5.29. The van der Waals surface area contributed by atoms with Crippen molar-refractivity contribution in [3.8, 4) is 0 Å². The van der Waals surface area contributed by atoms with Crippen LogP contribution in [-0.2, 0) is 24.5 Å². The maximum Gasteiger partial charge on any atom is 0.350 e. The van der Waals surface area contributed by atoms with Gasteiger partial charge in [-0.1, -0.05) is 23.7 Å². The lowest BCUT2D eigenvalue weighted by molar-refractivity contribution is -0.150. The predicted molar refractivity (Wildman–Crippen MR) is 97.6 cm³/mol. The highest BCUT2D eigenvalue weighted by Gasteiger charge is 2.52. The molecule has 3 rings (SSSR count). The van der Waals surface area contributed by atoms with Crippen LogP contribution in [0.25, 0.3) is 0 Å². The first kappa shape index (κ1) is 18.4. The number of carbonyl (C=O) groups is 3. The van der Waals surface area contributed by atoms with E-state index in [0.29, 0.717) is 23.6 Å². The van der Waals surface area contributed by atoms with Crippen LogP contribution in [0.2, 0.25) is 5.02 Å². The highest BCUT2D eigenvalue weighted by Crippen LogP contribution is 2.49. The Morgan fingerprint density at radius 1 is 1.19 bits per heavy atom. The molecule has 1 aliphatic carbocycles. The molecule has 1 aromatic carbocycles. The molecule has 2 aromatic rings. The van der Waals surface area contributed by atoms with E-state index in [1.807, 2.05) is 0 Å². The third-order valence-electron chi connectivity index (χ3n) is 4.18. The van der Waals surface area contributed by atoms with E-state index in [-0.39, 0.29) is 4.88 Å². The van der Waals surface area contributed by atoms with Crippen LogP contribution < -0.4 is 5.32 Å². The lowest BCUT2D eigenvalue weighted by Gasteiger charge is -2.15. The highest BCUT2D eigenvalue weighted by atomic mass is 35.5. The van der Waals surface area contributed by atoms with E-state index >= 15 is 0 Å². The summed E-state index contributed by atoms with van der Waals surface area (Å²) < 4.78 is 9.85. The second kappa shape index (κ2) is 7.47. The first-order valence-corrected chi connectivity index (χ1v) is 9.11. The van der Waals surface area contributed by atoms with E-state index in [1.54, 1.807) is 35.7 Å². The van der Waals surface area contributed by atoms with Crippen molar-refractivity contribution in [2.45, 2.75) is 18.3 Å². The molecule has 0 radical (unpaired) electrons. The molecular weight excluding hydrogens is 378 g/mol. The largest absolute Gasteiger partial charge is 0.465 e. The molecule has 6 nitrogen and oxygen atoms in total. The van der Waals surface area contributed by atoms with Gasteiger partial charge in [-0.2, -0.15) is 0 Å². The molecule has 0 atom stereocenters. The van der Waals surface area contributed by atoms with Gasteiger partial charge in [-0.3, -0.25) is 9.59 Å². The van der Waals surface area contributed by atoms with Gasteiger partial charge in [0.2, 0.25) is 0 Å². The third-order valence-corrected chi connectivity index (χ3v) is 5.33. The molecule has 136 valence electrons. The number of nitrogens with one attached hydrogen (secondary N) is 1. The zero-order valence-corrected chi connectivity index (χ0v) is 15.5. The van der Waals surface area contributed by atoms with Crippen LogP contribution in [0.3, 0.4) is 0 Å². The average Bonchev–Trinajstić information content (AvgIpc) is 3.33. The quantitative estimate of drug-likeness (QED) is 0.760. The molecule has 1 heterocycles. The van der Waals surface area contributed by atoms with Crippen molar-refractivity contribution in [2.75, 3.05) is 19.0 Å². The normalized spacial score (nSPS) is 14.4. The number of halogens is 1. The number of rotatable bonds is 6. The number of esters is 2. The molecule has 1 fully saturated rings. The molecule has 0 bridgehead atoms. The first-order valence-electron chi connectivity index (χ1n) is 7.85. The maximum absolute atomic E-state index is 12.4. The Morgan fingerprint density at radius 3 is 2.50 bits per heavy atom. The average molecular weight is 394 g/mol. The fourth-order valence-electron chi connectivity index (χ4n) is 2.62. The summed E-state index contributed by atoms with van der Waals surface area (Å²) in [7, 11) is 1.27. The molecule has 1 amide bonds. The van der Waals surface area contributed by atoms with Gasteiger partial charge in [0.05, 0.1) is 18.2 Å². The van der Waals surface area contributed by atoms with Crippen LogP contribution in [0.4, 0.5) is 5.69 Å². The van der Waals surface area contributed by atoms with Crippen molar-refractivity contribution in [3.05, 3.63) is 51.2 Å². The zero-order valence-electron chi connectivity index (χ0n) is 13.9.